The number of hydrogen-bond donors (Lipinski definition) is 0. The van der Waals surface area contributed by atoms with Crippen LogP contribution in [-0.4, -0.2) is 14.8 Å². The lowest BCUT2D eigenvalue weighted by molar-refractivity contribution is 0.590. The highest BCUT2D eigenvalue weighted by Gasteiger charge is 2.45. The molecule has 2 aliphatic rings. The molecule has 0 saturated carbocycles. The van der Waals surface area contributed by atoms with Crippen LogP contribution in [0.4, 0.5) is 51.2 Å². The van der Waals surface area contributed by atoms with E-state index in [0.29, 0.717) is 0 Å². The summed E-state index contributed by atoms with van der Waals surface area (Å²) in [5.74, 6) is 0. The second-order valence-corrected chi connectivity index (χ2v) is 26.5. The van der Waals surface area contributed by atoms with E-state index in [2.05, 4.69) is 298 Å². The fourth-order valence-corrected chi connectivity index (χ4v) is 12.2. The Morgan fingerprint density at radius 3 is 1.36 bits per heavy atom. The minimum Gasteiger partial charge on any atom is -0.311 e. The first-order valence-electron chi connectivity index (χ1n) is 25.4. The van der Waals surface area contributed by atoms with Gasteiger partial charge in [0.15, 0.2) is 0 Å². The molecule has 0 unspecified atom stereocenters. The van der Waals surface area contributed by atoms with Gasteiger partial charge in [-0.05, 0) is 116 Å². The topological polar surface area (TPSA) is 9.72 Å². The minimum absolute atomic E-state index is 0.0548. The Morgan fingerprint density at radius 1 is 0.389 bits per heavy atom. The first-order valence-corrected chi connectivity index (χ1v) is 28.9. The largest absolute Gasteiger partial charge is 0.311 e. The molecule has 0 saturated heterocycles. The third-order valence-corrected chi connectivity index (χ3v) is 16.8. The zero-order valence-electron chi connectivity index (χ0n) is 42.0. The maximum atomic E-state index is 2.65. The Balaban J connectivity index is 1.21. The SMILES string of the molecule is CC(C)(C)c1cc2c3c(c1)N(c1c(-c4ccccc4)cccc1-c1ccccc1)c1cc(N(c4ccccc4)c4ccccc4)ccc1B3c1ccc([Si](C)(C)C)cc1N2c1ccc(-c2ccccc2)cc1. The second kappa shape index (κ2) is 17.9. The van der Waals surface area contributed by atoms with Crippen molar-refractivity contribution in [3.8, 4) is 33.4 Å². The highest BCUT2D eigenvalue weighted by Crippen LogP contribution is 2.52. The van der Waals surface area contributed by atoms with E-state index in [-0.39, 0.29) is 12.1 Å². The van der Waals surface area contributed by atoms with Crippen LogP contribution in [0.5, 0.6) is 0 Å². The average Bonchev–Trinajstić information content (AvgIpc) is 3.41. The summed E-state index contributed by atoms with van der Waals surface area (Å²) >= 11 is 0. The molecule has 0 aliphatic carbocycles. The van der Waals surface area contributed by atoms with Crippen LogP contribution in [0.1, 0.15) is 26.3 Å². The predicted octanol–water partition coefficient (Wildman–Crippen LogP) is 16.1. The standard InChI is InChI=1S/C67H58BN3Si/c1-67(2,3)51-43-63-65-64(44-51)71(66-57(49-25-14-8-15-26-49)33-22-34-58(66)50-27-16-9-17-28-50)61-45-55(69(52-29-18-10-19-30-52)53-31-20-11-21-32-53)39-41-59(61)68(65)60-42-40-56(72(4,5)6)46-62(60)70(63)54-37-35-48(36-38-54)47-23-12-7-13-24-47/h7-46H,1-6H3. The number of hydrogen-bond acceptors (Lipinski definition) is 3. The van der Waals surface area contributed by atoms with E-state index < -0.39 is 8.07 Å². The van der Waals surface area contributed by atoms with Crippen molar-refractivity contribution in [2.45, 2.75) is 45.8 Å². The van der Waals surface area contributed by atoms with Crippen LogP contribution >= 0.6 is 0 Å². The van der Waals surface area contributed by atoms with Crippen LogP contribution in [0, 0.1) is 0 Å². The first-order chi connectivity index (χ1) is 35.0. The minimum atomic E-state index is -1.77. The molecule has 10 aromatic rings. The van der Waals surface area contributed by atoms with Gasteiger partial charge in [0.25, 0.3) is 6.71 Å². The third-order valence-electron chi connectivity index (χ3n) is 14.7. The van der Waals surface area contributed by atoms with Crippen LogP contribution in [-0.2, 0) is 5.41 Å². The fraction of sp³-hybridized carbons (Fsp3) is 0.104. The molecule has 0 aromatic heterocycles. The Morgan fingerprint density at radius 2 is 0.847 bits per heavy atom. The number of nitrogens with zero attached hydrogens (tertiary/aromatic N) is 3. The Hall–Kier alpha value is -8.12. The molecular weight excluding hydrogens is 886 g/mol. The lowest BCUT2D eigenvalue weighted by Crippen LogP contribution is -2.62. The molecule has 72 heavy (non-hydrogen) atoms. The molecule has 0 amide bonds. The van der Waals surface area contributed by atoms with Crippen molar-refractivity contribution in [3.63, 3.8) is 0 Å². The van der Waals surface area contributed by atoms with Crippen LogP contribution in [0.15, 0.2) is 243 Å². The maximum Gasteiger partial charge on any atom is 0.252 e. The van der Waals surface area contributed by atoms with Gasteiger partial charge in [0.2, 0.25) is 0 Å². The van der Waals surface area contributed by atoms with Gasteiger partial charge in [-0.15, -0.1) is 0 Å². The molecule has 0 spiro atoms. The summed E-state index contributed by atoms with van der Waals surface area (Å²) in [5, 5.41) is 1.45. The van der Waals surface area contributed by atoms with Gasteiger partial charge in [-0.1, -0.05) is 222 Å². The molecule has 2 heterocycles. The van der Waals surface area contributed by atoms with Gasteiger partial charge >= 0.3 is 0 Å². The lowest BCUT2D eigenvalue weighted by atomic mass is 9.33. The molecule has 0 bridgehead atoms. The van der Waals surface area contributed by atoms with Crippen molar-refractivity contribution in [3.05, 3.63) is 248 Å². The number of rotatable bonds is 9. The van der Waals surface area contributed by atoms with Crippen LogP contribution < -0.4 is 36.3 Å². The van der Waals surface area contributed by atoms with Crippen molar-refractivity contribution in [2.24, 2.45) is 0 Å². The zero-order valence-corrected chi connectivity index (χ0v) is 43.0. The summed E-state index contributed by atoms with van der Waals surface area (Å²) in [6.07, 6.45) is 0. The zero-order chi connectivity index (χ0) is 49.1. The van der Waals surface area contributed by atoms with Crippen molar-refractivity contribution in [1.82, 2.24) is 0 Å². The number of fused-ring (bicyclic) bond motifs is 4. The molecule has 12 rings (SSSR count). The second-order valence-electron chi connectivity index (χ2n) is 21.4. The fourth-order valence-electron chi connectivity index (χ4n) is 11.1. The van der Waals surface area contributed by atoms with Gasteiger partial charge in [0.05, 0.1) is 13.8 Å². The molecule has 0 N–H and O–H groups in total. The smallest absolute Gasteiger partial charge is 0.252 e. The summed E-state index contributed by atoms with van der Waals surface area (Å²) in [4.78, 5) is 7.66. The number of benzene rings is 10. The number of anilines is 9. The predicted molar refractivity (Wildman–Crippen MR) is 313 cm³/mol. The highest BCUT2D eigenvalue weighted by atomic mass is 28.3. The first kappa shape index (κ1) is 45.0. The van der Waals surface area contributed by atoms with E-state index in [1.807, 2.05) is 0 Å². The molecular formula is C67H58BN3Si. The Kier molecular flexibility index (Phi) is 11.2. The summed E-state index contributed by atoms with van der Waals surface area (Å²) in [6.45, 7) is 14.4. The van der Waals surface area contributed by atoms with E-state index in [1.165, 1.54) is 83.3 Å². The van der Waals surface area contributed by atoms with Gasteiger partial charge < -0.3 is 14.7 Å². The van der Waals surface area contributed by atoms with E-state index in [9.17, 15) is 0 Å². The van der Waals surface area contributed by atoms with Crippen LogP contribution in [0.2, 0.25) is 19.6 Å². The van der Waals surface area contributed by atoms with E-state index in [4.69, 9.17) is 0 Å². The Labute approximate surface area is 427 Å². The normalized spacial score (nSPS) is 12.8. The highest BCUT2D eigenvalue weighted by molar-refractivity contribution is 7.00. The van der Waals surface area contributed by atoms with Crippen molar-refractivity contribution in [2.75, 3.05) is 14.7 Å². The molecule has 10 aromatic carbocycles. The Bertz CT molecular complexity index is 3490. The molecule has 0 radical (unpaired) electrons. The van der Waals surface area contributed by atoms with E-state index in [1.54, 1.807) is 0 Å². The molecule has 5 heteroatoms. The van der Waals surface area contributed by atoms with Crippen molar-refractivity contribution < 1.29 is 0 Å². The number of para-hydroxylation sites is 3. The van der Waals surface area contributed by atoms with Gasteiger partial charge in [0.1, 0.15) is 0 Å². The molecule has 3 nitrogen and oxygen atoms in total. The molecule has 348 valence electrons. The molecule has 0 atom stereocenters. The van der Waals surface area contributed by atoms with Gasteiger partial charge in [-0.2, -0.15) is 0 Å². The quantitative estimate of drug-likeness (QED) is 0.134. The summed E-state index contributed by atoms with van der Waals surface area (Å²) < 4.78 is 0. The summed E-state index contributed by atoms with van der Waals surface area (Å²) in [6, 6.07) is 90.3. The maximum absolute atomic E-state index is 2.65. The van der Waals surface area contributed by atoms with E-state index in [0.717, 1.165) is 28.4 Å². The molecule has 0 fully saturated rings. The lowest BCUT2D eigenvalue weighted by Gasteiger charge is -2.46. The van der Waals surface area contributed by atoms with Gasteiger partial charge in [0, 0.05) is 56.6 Å². The van der Waals surface area contributed by atoms with Gasteiger partial charge in [-0.3, -0.25) is 0 Å². The van der Waals surface area contributed by atoms with Crippen molar-refractivity contribution >= 4 is 87.5 Å². The third kappa shape index (κ3) is 7.95. The molecule has 2 aliphatic heterocycles. The van der Waals surface area contributed by atoms with Crippen LogP contribution in [0.25, 0.3) is 33.4 Å². The van der Waals surface area contributed by atoms with E-state index >= 15 is 0 Å². The van der Waals surface area contributed by atoms with Crippen molar-refractivity contribution in [1.29, 1.82) is 0 Å². The summed E-state index contributed by atoms with van der Waals surface area (Å²) in [5.41, 5.74) is 22.6. The van der Waals surface area contributed by atoms with Gasteiger partial charge in [-0.25, -0.2) is 0 Å². The summed E-state index contributed by atoms with van der Waals surface area (Å²) in [7, 11) is -1.77. The van der Waals surface area contributed by atoms with Crippen LogP contribution in [0.3, 0.4) is 0 Å². The monoisotopic (exact) mass is 943 g/mol. The average molecular weight is 944 g/mol.